The van der Waals surface area contributed by atoms with E-state index >= 15 is 0 Å². The van der Waals surface area contributed by atoms with Crippen molar-refractivity contribution in [1.82, 2.24) is 4.90 Å². The zero-order chi connectivity index (χ0) is 12.9. The van der Waals surface area contributed by atoms with Crippen LogP contribution in [0.15, 0.2) is 0 Å². The molecule has 5 heteroatoms. The van der Waals surface area contributed by atoms with E-state index in [1.165, 1.54) is 18.4 Å². The molecule has 1 fully saturated rings. The maximum Gasteiger partial charge on any atom is 0.323 e. The van der Waals surface area contributed by atoms with E-state index in [4.69, 9.17) is 10.8 Å². The van der Waals surface area contributed by atoms with Gasteiger partial charge in [-0.25, -0.2) is 0 Å². The van der Waals surface area contributed by atoms with Gasteiger partial charge < -0.3 is 15.7 Å². The smallest absolute Gasteiger partial charge is 0.323 e. The number of carboxylic acids is 1. The van der Waals surface area contributed by atoms with Crippen molar-refractivity contribution in [3.8, 4) is 0 Å². The highest BCUT2D eigenvalue weighted by Gasteiger charge is 2.34. The fraction of sp³-hybridized carbons (Fsp3) is 0.833. The lowest BCUT2D eigenvalue weighted by Crippen LogP contribution is -2.40. The summed E-state index contributed by atoms with van der Waals surface area (Å²) in [6, 6.07) is 0. The highest BCUT2D eigenvalue weighted by molar-refractivity contribution is 5.81. The standard InChI is InChI=1S/C12H22N2O3/c1-14(8-11(16)17)10(15)7-12(9-13)5-3-2-4-6-12/h2-9,13H2,1H3,(H,16,17). The van der Waals surface area contributed by atoms with E-state index in [9.17, 15) is 9.59 Å². The van der Waals surface area contributed by atoms with Crippen LogP contribution in [0, 0.1) is 5.41 Å². The van der Waals surface area contributed by atoms with Crippen LogP contribution >= 0.6 is 0 Å². The number of nitrogens with zero attached hydrogens (tertiary/aromatic N) is 1. The molecule has 0 spiro atoms. The van der Waals surface area contributed by atoms with Crippen molar-refractivity contribution in [2.45, 2.75) is 38.5 Å². The Balaban J connectivity index is 2.55. The number of carbonyl (C=O) groups excluding carboxylic acids is 1. The van der Waals surface area contributed by atoms with Crippen molar-refractivity contribution < 1.29 is 14.7 Å². The summed E-state index contributed by atoms with van der Waals surface area (Å²) in [4.78, 5) is 23.7. The largest absolute Gasteiger partial charge is 0.480 e. The van der Waals surface area contributed by atoms with Crippen LogP contribution in [0.3, 0.4) is 0 Å². The molecule has 0 heterocycles. The molecule has 3 N–H and O–H groups in total. The minimum absolute atomic E-state index is 0.0951. The van der Waals surface area contributed by atoms with Crippen LogP contribution in [-0.4, -0.2) is 42.0 Å². The first-order valence-corrected chi connectivity index (χ1v) is 6.15. The maximum absolute atomic E-state index is 11.9. The third-order valence-electron chi connectivity index (χ3n) is 3.67. The van der Waals surface area contributed by atoms with Gasteiger partial charge in [0.2, 0.25) is 5.91 Å². The number of hydrogen-bond donors (Lipinski definition) is 2. The quantitative estimate of drug-likeness (QED) is 0.748. The zero-order valence-corrected chi connectivity index (χ0v) is 10.4. The van der Waals surface area contributed by atoms with E-state index in [0.717, 1.165) is 25.7 Å². The normalized spacial score (nSPS) is 18.7. The average Bonchev–Trinajstić information content (AvgIpc) is 2.29. The van der Waals surface area contributed by atoms with Gasteiger partial charge in [0, 0.05) is 13.5 Å². The number of likely N-dealkylation sites (N-methyl/N-ethyl adjacent to an activating group) is 1. The van der Waals surface area contributed by atoms with E-state index < -0.39 is 5.97 Å². The molecule has 1 amide bonds. The molecule has 0 bridgehead atoms. The summed E-state index contributed by atoms with van der Waals surface area (Å²) in [5.41, 5.74) is 5.71. The summed E-state index contributed by atoms with van der Waals surface area (Å²) in [6.45, 7) is 0.277. The Hall–Kier alpha value is -1.10. The van der Waals surface area contributed by atoms with Crippen molar-refractivity contribution >= 4 is 11.9 Å². The molecule has 0 aliphatic heterocycles. The fourth-order valence-corrected chi connectivity index (χ4v) is 2.50. The lowest BCUT2D eigenvalue weighted by molar-refractivity contribution is -0.144. The Kier molecular flexibility index (Phi) is 4.93. The molecule has 0 unspecified atom stereocenters. The molecule has 1 rings (SSSR count). The van der Waals surface area contributed by atoms with Crippen LogP contribution in [0.25, 0.3) is 0 Å². The number of hydrogen-bond acceptors (Lipinski definition) is 3. The van der Waals surface area contributed by atoms with E-state index in [0.29, 0.717) is 13.0 Å². The molecule has 98 valence electrons. The zero-order valence-electron chi connectivity index (χ0n) is 10.4. The molecule has 0 saturated heterocycles. The van der Waals surface area contributed by atoms with E-state index in [1.54, 1.807) is 0 Å². The molecule has 0 aromatic heterocycles. The first-order chi connectivity index (χ1) is 7.99. The lowest BCUT2D eigenvalue weighted by Gasteiger charge is -2.36. The second-order valence-electron chi connectivity index (χ2n) is 5.09. The van der Waals surface area contributed by atoms with Crippen LogP contribution in [0.2, 0.25) is 0 Å². The molecule has 1 saturated carbocycles. The van der Waals surface area contributed by atoms with Gasteiger partial charge in [-0.15, -0.1) is 0 Å². The van der Waals surface area contributed by atoms with Crippen molar-refractivity contribution in [1.29, 1.82) is 0 Å². The monoisotopic (exact) mass is 242 g/mol. The van der Waals surface area contributed by atoms with Crippen molar-refractivity contribution in [3.05, 3.63) is 0 Å². The lowest BCUT2D eigenvalue weighted by atomic mass is 9.71. The number of amides is 1. The Morgan fingerprint density at radius 1 is 1.29 bits per heavy atom. The average molecular weight is 242 g/mol. The van der Waals surface area contributed by atoms with Crippen LogP contribution < -0.4 is 5.73 Å². The van der Waals surface area contributed by atoms with E-state index in [1.807, 2.05) is 0 Å². The third kappa shape index (κ3) is 4.00. The number of carbonyl (C=O) groups is 2. The first kappa shape index (κ1) is 14.0. The topological polar surface area (TPSA) is 83.6 Å². The summed E-state index contributed by atoms with van der Waals surface area (Å²) < 4.78 is 0. The summed E-state index contributed by atoms with van der Waals surface area (Å²) in [5.74, 6) is -1.09. The van der Waals surface area contributed by atoms with Crippen LogP contribution in [0.1, 0.15) is 38.5 Å². The Morgan fingerprint density at radius 3 is 2.35 bits per heavy atom. The number of nitrogens with two attached hydrogens (primary N) is 1. The molecule has 5 nitrogen and oxygen atoms in total. The van der Waals surface area contributed by atoms with Gasteiger partial charge in [-0.2, -0.15) is 0 Å². The van der Waals surface area contributed by atoms with E-state index in [-0.39, 0.29) is 17.9 Å². The Bertz CT molecular complexity index is 285. The Labute approximate surface area is 102 Å². The second kappa shape index (κ2) is 6.00. The summed E-state index contributed by atoms with van der Waals surface area (Å²) in [6.07, 6.45) is 5.79. The van der Waals surface area contributed by atoms with Gasteiger partial charge in [-0.05, 0) is 24.8 Å². The minimum Gasteiger partial charge on any atom is -0.480 e. The maximum atomic E-state index is 11.9. The van der Waals surface area contributed by atoms with Gasteiger partial charge in [-0.1, -0.05) is 19.3 Å². The van der Waals surface area contributed by atoms with Crippen molar-refractivity contribution in [2.24, 2.45) is 11.1 Å². The predicted octanol–water partition coefficient (Wildman–Crippen LogP) is 0.829. The van der Waals surface area contributed by atoms with Gasteiger partial charge in [0.25, 0.3) is 0 Å². The van der Waals surface area contributed by atoms with E-state index in [2.05, 4.69) is 0 Å². The number of aliphatic carboxylic acids is 1. The Morgan fingerprint density at radius 2 is 1.88 bits per heavy atom. The van der Waals surface area contributed by atoms with Crippen molar-refractivity contribution in [3.63, 3.8) is 0 Å². The molecular formula is C12H22N2O3. The first-order valence-electron chi connectivity index (χ1n) is 6.15. The highest BCUT2D eigenvalue weighted by Crippen LogP contribution is 2.38. The molecule has 17 heavy (non-hydrogen) atoms. The second-order valence-corrected chi connectivity index (χ2v) is 5.09. The predicted molar refractivity (Wildman–Crippen MR) is 64.5 cm³/mol. The van der Waals surface area contributed by atoms with Gasteiger partial charge in [0.1, 0.15) is 6.54 Å². The third-order valence-corrected chi connectivity index (χ3v) is 3.67. The van der Waals surface area contributed by atoms with Crippen LogP contribution in [0.4, 0.5) is 0 Å². The SMILES string of the molecule is CN(CC(=O)O)C(=O)CC1(CN)CCCCC1. The summed E-state index contributed by atoms with van der Waals surface area (Å²) in [7, 11) is 1.53. The summed E-state index contributed by atoms with van der Waals surface area (Å²) >= 11 is 0. The molecule has 0 aromatic carbocycles. The van der Waals surface area contributed by atoms with Crippen molar-refractivity contribution in [2.75, 3.05) is 20.1 Å². The molecule has 0 aromatic rings. The van der Waals surface area contributed by atoms with Gasteiger partial charge in [0.15, 0.2) is 0 Å². The van der Waals surface area contributed by atoms with Gasteiger partial charge in [-0.3, -0.25) is 9.59 Å². The molecule has 1 aliphatic carbocycles. The molecule has 0 atom stereocenters. The summed E-state index contributed by atoms with van der Waals surface area (Å²) in [5, 5.41) is 8.64. The minimum atomic E-state index is -0.980. The van der Waals surface area contributed by atoms with Crippen LogP contribution in [-0.2, 0) is 9.59 Å². The van der Waals surface area contributed by atoms with Crippen LogP contribution in [0.5, 0.6) is 0 Å². The highest BCUT2D eigenvalue weighted by atomic mass is 16.4. The fourth-order valence-electron chi connectivity index (χ4n) is 2.50. The molecule has 0 radical (unpaired) electrons. The van der Waals surface area contributed by atoms with Gasteiger partial charge in [0.05, 0.1) is 0 Å². The number of rotatable bonds is 5. The van der Waals surface area contributed by atoms with Gasteiger partial charge >= 0.3 is 5.97 Å². The molecular weight excluding hydrogens is 220 g/mol. The number of carboxylic acid groups (broad SMARTS) is 1. The molecule has 1 aliphatic rings.